The minimum Gasteiger partial charge on any atom is -0.462 e. The van der Waals surface area contributed by atoms with Gasteiger partial charge in [-0.2, -0.15) is 18.3 Å². The van der Waals surface area contributed by atoms with Gasteiger partial charge in [-0.25, -0.2) is 4.68 Å². The van der Waals surface area contributed by atoms with Gasteiger partial charge in [-0.15, -0.1) is 0 Å². The Morgan fingerprint density at radius 3 is 2.45 bits per heavy atom. The lowest BCUT2D eigenvalue weighted by Gasteiger charge is -2.10. The van der Waals surface area contributed by atoms with Gasteiger partial charge in [0.15, 0.2) is 0 Å². The number of ketones is 1. The normalized spacial score (nSPS) is 11.4. The Morgan fingerprint density at radius 1 is 1.21 bits per heavy atom. The molecule has 0 atom stereocenters. The summed E-state index contributed by atoms with van der Waals surface area (Å²) in [7, 11) is 0. The number of ether oxygens (including phenoxy) is 1. The number of alkyl halides is 3. The van der Waals surface area contributed by atoms with E-state index in [0.717, 1.165) is 16.8 Å². The fourth-order valence-electron chi connectivity index (χ4n) is 2.69. The lowest BCUT2D eigenvalue weighted by molar-refractivity contribution is -0.147. The van der Waals surface area contributed by atoms with Gasteiger partial charge in [0.1, 0.15) is 6.54 Å². The van der Waals surface area contributed by atoms with Crippen molar-refractivity contribution in [2.45, 2.75) is 40.0 Å². The lowest BCUT2D eigenvalue weighted by atomic mass is 10.1. The molecule has 29 heavy (non-hydrogen) atoms. The quantitative estimate of drug-likeness (QED) is 0.449. The van der Waals surface area contributed by atoms with E-state index >= 15 is 0 Å². The molecule has 0 unspecified atom stereocenters. The number of carbonyl (C=O) groups excluding carboxylic acids is 3. The first-order valence-corrected chi connectivity index (χ1v) is 8.67. The number of aromatic nitrogens is 2. The number of nitrogens with zero attached hydrogens (tertiary/aromatic N) is 2. The van der Waals surface area contributed by atoms with Gasteiger partial charge in [-0.3, -0.25) is 14.4 Å². The van der Waals surface area contributed by atoms with Crippen LogP contribution in [-0.2, 0) is 20.5 Å². The van der Waals surface area contributed by atoms with Crippen LogP contribution in [0.4, 0.5) is 13.2 Å². The van der Waals surface area contributed by atoms with Crippen LogP contribution in [0, 0.1) is 13.8 Å². The van der Waals surface area contributed by atoms with Gasteiger partial charge < -0.3 is 10.1 Å². The average molecular weight is 411 g/mol. The van der Waals surface area contributed by atoms with Crippen molar-refractivity contribution in [1.82, 2.24) is 15.1 Å². The molecule has 0 spiro atoms. The van der Waals surface area contributed by atoms with E-state index in [1.165, 1.54) is 26.0 Å². The second-order valence-electron chi connectivity index (χ2n) is 6.56. The van der Waals surface area contributed by atoms with Crippen molar-refractivity contribution >= 4 is 17.7 Å². The number of benzene rings is 1. The number of Topliss-reactive ketones (excluding diaryl/α,β-unsaturated/α-hetero) is 1. The summed E-state index contributed by atoms with van der Waals surface area (Å²) in [6, 6.07) is 4.45. The molecule has 0 radical (unpaired) electrons. The minimum atomic E-state index is -4.53. The van der Waals surface area contributed by atoms with Crippen molar-refractivity contribution in [3.8, 4) is 5.69 Å². The van der Waals surface area contributed by atoms with Crippen molar-refractivity contribution in [3.05, 3.63) is 46.8 Å². The van der Waals surface area contributed by atoms with Crippen LogP contribution in [0.3, 0.4) is 0 Å². The zero-order chi connectivity index (χ0) is 21.9. The lowest BCUT2D eigenvalue weighted by Crippen LogP contribution is -2.36. The van der Waals surface area contributed by atoms with Crippen LogP contribution in [-0.4, -0.2) is 40.1 Å². The molecule has 7 nitrogen and oxygen atoms in total. The summed E-state index contributed by atoms with van der Waals surface area (Å²) in [5, 5.41) is 6.27. The van der Waals surface area contributed by atoms with Gasteiger partial charge >= 0.3 is 12.1 Å². The molecule has 156 valence electrons. The van der Waals surface area contributed by atoms with Crippen LogP contribution in [0.5, 0.6) is 0 Å². The largest absolute Gasteiger partial charge is 0.462 e. The Kier molecular flexibility index (Phi) is 6.45. The smallest absolute Gasteiger partial charge is 0.416 e. The van der Waals surface area contributed by atoms with Gasteiger partial charge in [0.25, 0.3) is 11.7 Å². The number of hydrogen-bond donors (Lipinski definition) is 1. The van der Waals surface area contributed by atoms with Crippen LogP contribution < -0.4 is 5.32 Å². The molecule has 1 amide bonds. The molecule has 10 heteroatoms. The predicted octanol–water partition coefficient (Wildman–Crippen LogP) is 2.76. The summed E-state index contributed by atoms with van der Waals surface area (Å²) < 4.78 is 44.9. The summed E-state index contributed by atoms with van der Waals surface area (Å²) in [6.45, 7) is 5.72. The number of amides is 1. The van der Waals surface area contributed by atoms with Gasteiger partial charge in [0.2, 0.25) is 0 Å². The van der Waals surface area contributed by atoms with Crippen molar-refractivity contribution in [1.29, 1.82) is 0 Å². The van der Waals surface area contributed by atoms with E-state index in [-0.39, 0.29) is 28.7 Å². The number of esters is 1. The zero-order valence-corrected chi connectivity index (χ0v) is 16.3. The first-order chi connectivity index (χ1) is 13.4. The second-order valence-corrected chi connectivity index (χ2v) is 6.56. The van der Waals surface area contributed by atoms with E-state index in [1.54, 1.807) is 13.8 Å². The molecule has 0 saturated carbocycles. The van der Waals surface area contributed by atoms with Gasteiger partial charge in [0, 0.05) is 0 Å². The Labute approximate surface area is 164 Å². The Hall–Kier alpha value is -3.17. The summed E-state index contributed by atoms with van der Waals surface area (Å²) in [4.78, 5) is 36.1. The molecule has 1 heterocycles. The number of rotatable bonds is 6. The maximum absolute atomic E-state index is 13.0. The van der Waals surface area contributed by atoms with Crippen LogP contribution in [0.2, 0.25) is 0 Å². The van der Waals surface area contributed by atoms with Crippen molar-refractivity contribution in [2.24, 2.45) is 0 Å². The summed E-state index contributed by atoms with van der Waals surface area (Å²) in [5.74, 6) is -2.69. The van der Waals surface area contributed by atoms with Gasteiger partial charge in [-0.05, 0) is 45.9 Å². The fraction of sp³-hybridized carbons (Fsp3) is 0.368. The van der Waals surface area contributed by atoms with Gasteiger partial charge in [-0.1, -0.05) is 6.07 Å². The van der Waals surface area contributed by atoms with E-state index in [4.69, 9.17) is 4.74 Å². The average Bonchev–Trinajstić information content (AvgIpc) is 2.92. The molecule has 1 N–H and O–H groups in total. The molecule has 0 fully saturated rings. The number of aryl methyl sites for hydroxylation is 1. The second kappa shape index (κ2) is 8.46. The third-order valence-electron chi connectivity index (χ3n) is 3.90. The molecule has 2 rings (SSSR count). The molecule has 2 aromatic rings. The number of hydrogen-bond acceptors (Lipinski definition) is 5. The first-order valence-electron chi connectivity index (χ1n) is 8.67. The number of halogens is 3. The van der Waals surface area contributed by atoms with E-state index in [0.29, 0.717) is 0 Å². The summed E-state index contributed by atoms with van der Waals surface area (Å²) in [5.41, 5.74) is -0.439. The van der Waals surface area contributed by atoms with Crippen LogP contribution in [0.25, 0.3) is 5.69 Å². The highest BCUT2D eigenvalue weighted by atomic mass is 19.4. The molecule has 0 aliphatic carbocycles. The van der Waals surface area contributed by atoms with Gasteiger partial charge in [0.05, 0.1) is 34.3 Å². The third kappa shape index (κ3) is 5.21. The maximum atomic E-state index is 13.0. The van der Waals surface area contributed by atoms with Crippen LogP contribution >= 0.6 is 0 Å². The highest BCUT2D eigenvalue weighted by Crippen LogP contribution is 2.30. The highest BCUT2D eigenvalue weighted by molar-refractivity contribution is 6.43. The zero-order valence-electron chi connectivity index (χ0n) is 16.3. The molecular weight excluding hydrogens is 391 g/mol. The van der Waals surface area contributed by atoms with E-state index in [2.05, 4.69) is 10.4 Å². The Bertz CT molecular complexity index is 949. The number of nitrogens with one attached hydrogen (secondary N) is 1. The standard InChI is InChI=1S/C19H20F3N3O4/c1-10(2)29-15(26)9-23-18(28)17(27)16-11(3)24-25(12(16)4)14-7-5-6-13(8-14)19(20,21)22/h5-8,10H,9H2,1-4H3,(H,23,28). The molecule has 0 saturated heterocycles. The number of carbonyl (C=O) groups is 3. The fourth-order valence-corrected chi connectivity index (χ4v) is 2.69. The van der Waals surface area contributed by atoms with E-state index in [1.807, 2.05) is 0 Å². The van der Waals surface area contributed by atoms with E-state index in [9.17, 15) is 27.6 Å². The highest BCUT2D eigenvalue weighted by Gasteiger charge is 2.31. The topological polar surface area (TPSA) is 90.3 Å². The Morgan fingerprint density at radius 2 is 1.86 bits per heavy atom. The molecule has 0 aliphatic rings. The molecule has 1 aromatic heterocycles. The first kappa shape index (κ1) is 22.1. The maximum Gasteiger partial charge on any atom is 0.416 e. The van der Waals surface area contributed by atoms with E-state index < -0.39 is 35.9 Å². The third-order valence-corrected chi connectivity index (χ3v) is 3.90. The Balaban J connectivity index is 2.26. The summed E-state index contributed by atoms with van der Waals surface area (Å²) in [6.07, 6.45) is -4.90. The molecule has 0 bridgehead atoms. The monoisotopic (exact) mass is 411 g/mol. The van der Waals surface area contributed by atoms with Crippen molar-refractivity contribution in [2.75, 3.05) is 6.54 Å². The summed E-state index contributed by atoms with van der Waals surface area (Å²) >= 11 is 0. The van der Waals surface area contributed by atoms with Crippen molar-refractivity contribution < 1.29 is 32.3 Å². The van der Waals surface area contributed by atoms with Crippen molar-refractivity contribution in [3.63, 3.8) is 0 Å². The predicted molar refractivity (Wildman–Crippen MR) is 96.6 cm³/mol. The minimum absolute atomic E-state index is 0.0443. The molecule has 1 aromatic carbocycles. The molecular formula is C19H20F3N3O4. The SMILES string of the molecule is Cc1nn(-c2cccc(C(F)(F)F)c2)c(C)c1C(=O)C(=O)NCC(=O)OC(C)C. The van der Waals surface area contributed by atoms with Crippen LogP contribution in [0.1, 0.15) is 41.2 Å². The van der Waals surface area contributed by atoms with Crippen LogP contribution in [0.15, 0.2) is 24.3 Å². The molecule has 0 aliphatic heterocycles.